The number of hydrogen-bond donors (Lipinski definition) is 1. The summed E-state index contributed by atoms with van der Waals surface area (Å²) in [5, 5.41) is 3.03. The van der Waals surface area contributed by atoms with Gasteiger partial charge in [0.2, 0.25) is 0 Å². The van der Waals surface area contributed by atoms with E-state index in [4.69, 9.17) is 0 Å². The molecule has 0 spiro atoms. The van der Waals surface area contributed by atoms with Crippen molar-refractivity contribution in [3.63, 3.8) is 0 Å². The fourth-order valence-corrected chi connectivity index (χ4v) is 2.59. The molecule has 1 aliphatic rings. The Morgan fingerprint density at radius 3 is 2.30 bits per heavy atom. The lowest BCUT2D eigenvalue weighted by Gasteiger charge is -2.35. The van der Waals surface area contributed by atoms with Gasteiger partial charge in [0.25, 0.3) is 0 Å². The van der Waals surface area contributed by atoms with Crippen molar-refractivity contribution >= 4 is 0 Å². The molecule has 0 radical (unpaired) electrons. The first kappa shape index (κ1) is 17.9. The number of ether oxygens (including phenoxy) is 1. The molecule has 2 rings (SSSR count). The molecule has 0 aromatic heterocycles. The minimum Gasteiger partial charge on any atom is -0.406 e. The zero-order valence-corrected chi connectivity index (χ0v) is 12.0. The quantitative estimate of drug-likeness (QED) is 0.848. The molecule has 23 heavy (non-hydrogen) atoms. The molecule has 1 aromatic carbocycles. The van der Waals surface area contributed by atoms with Crippen LogP contribution in [0.2, 0.25) is 0 Å². The molecule has 1 fully saturated rings. The smallest absolute Gasteiger partial charge is 0.406 e. The third kappa shape index (κ3) is 5.91. The number of hydrogen-bond acceptors (Lipinski definition) is 3. The number of alkyl halides is 6. The number of benzene rings is 1. The van der Waals surface area contributed by atoms with Gasteiger partial charge in [-0.15, -0.1) is 13.2 Å². The first-order valence-corrected chi connectivity index (χ1v) is 7.01. The average Bonchev–Trinajstić information content (AvgIpc) is 2.43. The Morgan fingerprint density at radius 1 is 1.09 bits per heavy atom. The van der Waals surface area contributed by atoms with Gasteiger partial charge in [0.05, 0.1) is 6.42 Å². The average molecular weight is 342 g/mol. The van der Waals surface area contributed by atoms with E-state index in [9.17, 15) is 26.3 Å². The van der Waals surface area contributed by atoms with Crippen LogP contribution in [-0.2, 0) is 0 Å². The lowest BCUT2D eigenvalue weighted by atomic mass is 10.0. The van der Waals surface area contributed by atoms with E-state index in [1.165, 1.54) is 12.1 Å². The van der Waals surface area contributed by atoms with E-state index in [-0.39, 0.29) is 5.56 Å². The summed E-state index contributed by atoms with van der Waals surface area (Å²) >= 11 is 0. The number of nitrogens with one attached hydrogen (secondary N) is 1. The summed E-state index contributed by atoms with van der Waals surface area (Å²) in [6, 6.07) is 3.71. The Hall–Kier alpha value is -1.48. The maximum atomic E-state index is 12.9. The highest BCUT2D eigenvalue weighted by atomic mass is 19.4. The van der Waals surface area contributed by atoms with Crippen molar-refractivity contribution in [2.75, 3.05) is 26.2 Å². The van der Waals surface area contributed by atoms with Gasteiger partial charge in [-0.25, -0.2) is 0 Å². The standard InChI is InChI=1S/C14H16F6N2O/c15-13(16,17)9-12(22-6-4-21-5-7-22)10-2-1-3-11(8-10)23-14(18,19)20/h1-3,8,12,21H,4-7,9H2/t12-/m0/s1. The molecule has 1 N–H and O–H groups in total. The molecule has 0 aliphatic carbocycles. The molecule has 0 saturated carbocycles. The molecule has 1 aliphatic heterocycles. The van der Waals surface area contributed by atoms with Crippen LogP contribution in [0.4, 0.5) is 26.3 Å². The van der Waals surface area contributed by atoms with Crippen molar-refractivity contribution in [1.29, 1.82) is 0 Å². The number of piperazine rings is 1. The largest absolute Gasteiger partial charge is 0.573 e. The second-order valence-corrected chi connectivity index (χ2v) is 5.24. The van der Waals surface area contributed by atoms with Gasteiger partial charge in [0.1, 0.15) is 5.75 Å². The summed E-state index contributed by atoms with van der Waals surface area (Å²) in [5.41, 5.74) is 0.158. The van der Waals surface area contributed by atoms with Gasteiger partial charge in [0, 0.05) is 32.2 Å². The van der Waals surface area contributed by atoms with Crippen LogP contribution in [-0.4, -0.2) is 43.6 Å². The molecule has 0 unspecified atom stereocenters. The number of rotatable bonds is 4. The Bertz CT molecular complexity index is 511. The van der Waals surface area contributed by atoms with Crippen LogP contribution >= 0.6 is 0 Å². The summed E-state index contributed by atoms with van der Waals surface area (Å²) in [6.45, 7) is 1.86. The van der Waals surface area contributed by atoms with Gasteiger partial charge < -0.3 is 10.1 Å². The first-order chi connectivity index (χ1) is 10.6. The Labute approximate surface area is 129 Å². The van der Waals surface area contributed by atoms with Gasteiger partial charge >= 0.3 is 12.5 Å². The van der Waals surface area contributed by atoms with Gasteiger partial charge in [-0.1, -0.05) is 12.1 Å². The molecular formula is C14H16F6N2O. The van der Waals surface area contributed by atoms with Crippen LogP contribution in [0.15, 0.2) is 24.3 Å². The van der Waals surface area contributed by atoms with Crippen LogP contribution < -0.4 is 10.1 Å². The normalized spacial score (nSPS) is 18.7. The van der Waals surface area contributed by atoms with Crippen molar-refractivity contribution in [3.8, 4) is 5.75 Å². The number of nitrogens with zero attached hydrogens (tertiary/aromatic N) is 1. The summed E-state index contributed by atoms with van der Waals surface area (Å²) < 4.78 is 79.2. The summed E-state index contributed by atoms with van der Waals surface area (Å²) in [7, 11) is 0. The van der Waals surface area contributed by atoms with E-state index in [0.29, 0.717) is 26.2 Å². The third-order valence-corrected chi connectivity index (χ3v) is 3.49. The zero-order chi connectivity index (χ0) is 17.1. The van der Waals surface area contributed by atoms with E-state index in [1.807, 2.05) is 0 Å². The molecule has 1 heterocycles. The molecular weight excluding hydrogens is 326 g/mol. The molecule has 0 bridgehead atoms. The fourth-order valence-electron chi connectivity index (χ4n) is 2.59. The first-order valence-electron chi connectivity index (χ1n) is 7.01. The molecule has 1 saturated heterocycles. The predicted molar refractivity (Wildman–Crippen MR) is 71.0 cm³/mol. The minimum absolute atomic E-state index is 0.158. The van der Waals surface area contributed by atoms with Gasteiger partial charge in [-0.05, 0) is 17.7 Å². The molecule has 1 aromatic rings. The van der Waals surface area contributed by atoms with Crippen LogP contribution in [0.25, 0.3) is 0 Å². The van der Waals surface area contributed by atoms with Crippen molar-refractivity contribution in [3.05, 3.63) is 29.8 Å². The van der Waals surface area contributed by atoms with Gasteiger partial charge in [0.15, 0.2) is 0 Å². The zero-order valence-electron chi connectivity index (χ0n) is 12.0. The highest BCUT2D eigenvalue weighted by molar-refractivity contribution is 5.31. The summed E-state index contributed by atoms with van der Waals surface area (Å²) in [4.78, 5) is 1.62. The Morgan fingerprint density at radius 2 is 1.74 bits per heavy atom. The van der Waals surface area contributed by atoms with Crippen LogP contribution in [0.3, 0.4) is 0 Å². The maximum Gasteiger partial charge on any atom is 0.573 e. The van der Waals surface area contributed by atoms with Gasteiger partial charge in [-0.2, -0.15) is 13.2 Å². The second kappa shape index (κ2) is 6.96. The third-order valence-electron chi connectivity index (χ3n) is 3.49. The molecule has 3 nitrogen and oxygen atoms in total. The Kier molecular flexibility index (Phi) is 5.41. The number of halogens is 6. The second-order valence-electron chi connectivity index (χ2n) is 5.24. The SMILES string of the molecule is FC(F)(F)C[C@@H](c1cccc(OC(F)(F)F)c1)N1CCNCC1. The van der Waals surface area contributed by atoms with E-state index in [1.54, 1.807) is 4.90 Å². The molecule has 9 heteroatoms. The van der Waals surface area contributed by atoms with E-state index >= 15 is 0 Å². The van der Waals surface area contributed by atoms with Crippen molar-refractivity contribution in [2.24, 2.45) is 0 Å². The van der Waals surface area contributed by atoms with Crippen molar-refractivity contribution < 1.29 is 31.1 Å². The topological polar surface area (TPSA) is 24.5 Å². The van der Waals surface area contributed by atoms with E-state index in [2.05, 4.69) is 10.1 Å². The summed E-state index contributed by atoms with van der Waals surface area (Å²) in [6.07, 6.45) is -10.4. The predicted octanol–water partition coefficient (Wildman–Crippen LogP) is 3.48. The van der Waals surface area contributed by atoms with Crippen LogP contribution in [0.1, 0.15) is 18.0 Å². The van der Waals surface area contributed by atoms with Gasteiger partial charge in [-0.3, -0.25) is 4.90 Å². The van der Waals surface area contributed by atoms with Crippen molar-refractivity contribution in [1.82, 2.24) is 10.2 Å². The fraction of sp³-hybridized carbons (Fsp3) is 0.571. The minimum atomic E-state index is -4.88. The Balaban J connectivity index is 2.25. The van der Waals surface area contributed by atoms with Crippen LogP contribution in [0, 0.1) is 0 Å². The highest BCUT2D eigenvalue weighted by Crippen LogP contribution is 2.35. The monoisotopic (exact) mass is 342 g/mol. The lowest BCUT2D eigenvalue weighted by Crippen LogP contribution is -2.46. The van der Waals surface area contributed by atoms with E-state index in [0.717, 1.165) is 12.1 Å². The molecule has 130 valence electrons. The lowest BCUT2D eigenvalue weighted by molar-refractivity contribution is -0.274. The molecule has 0 amide bonds. The highest BCUT2D eigenvalue weighted by Gasteiger charge is 2.36. The van der Waals surface area contributed by atoms with Crippen LogP contribution in [0.5, 0.6) is 5.75 Å². The van der Waals surface area contributed by atoms with Crippen molar-refractivity contribution in [2.45, 2.75) is 25.0 Å². The maximum absolute atomic E-state index is 12.9. The van der Waals surface area contributed by atoms with E-state index < -0.39 is 30.8 Å². The molecule has 1 atom stereocenters. The summed E-state index contributed by atoms with van der Waals surface area (Å²) in [5.74, 6) is -0.516.